The van der Waals surface area contributed by atoms with E-state index in [4.69, 9.17) is 16.3 Å². The number of nitro benzene ring substituents is 1. The number of methoxy groups -OCH3 is 1. The molecular weight excluding hydrogens is 464 g/mol. The van der Waals surface area contributed by atoms with Crippen LogP contribution in [-0.2, 0) is 9.59 Å². The molecule has 34 heavy (non-hydrogen) atoms. The molecule has 1 aliphatic rings. The Bertz CT molecular complexity index is 1330. The zero-order valence-corrected chi connectivity index (χ0v) is 18.4. The van der Waals surface area contributed by atoms with E-state index in [1.54, 1.807) is 30.3 Å². The van der Waals surface area contributed by atoms with Crippen molar-refractivity contribution >= 4 is 40.4 Å². The molecule has 9 nitrogen and oxygen atoms in total. The molecule has 0 aliphatic carbocycles. The number of ketones is 1. The van der Waals surface area contributed by atoms with E-state index in [0.29, 0.717) is 16.3 Å². The van der Waals surface area contributed by atoms with Gasteiger partial charge in [0.2, 0.25) is 0 Å². The predicted octanol–water partition coefficient (Wildman–Crippen LogP) is 4.59. The smallest absolute Gasteiger partial charge is 0.300 e. The highest BCUT2D eigenvalue weighted by Gasteiger charge is 2.47. The fraction of sp³-hybridized carbons (Fsp3) is 0.0833. The number of carbonyl (C=O) groups is 2. The molecule has 3 aromatic rings. The second kappa shape index (κ2) is 8.87. The highest BCUT2D eigenvalue weighted by Crippen LogP contribution is 2.44. The number of anilines is 1. The summed E-state index contributed by atoms with van der Waals surface area (Å²) in [4.78, 5) is 37.8. The second-order valence-corrected chi connectivity index (χ2v) is 7.82. The van der Waals surface area contributed by atoms with Gasteiger partial charge in [-0.3, -0.25) is 24.6 Å². The van der Waals surface area contributed by atoms with E-state index < -0.39 is 28.4 Å². The van der Waals surface area contributed by atoms with Crippen LogP contribution in [0.1, 0.15) is 17.2 Å². The van der Waals surface area contributed by atoms with E-state index in [0.717, 1.165) is 0 Å². The van der Waals surface area contributed by atoms with E-state index >= 15 is 0 Å². The molecule has 172 valence electrons. The Morgan fingerprint density at radius 1 is 1.06 bits per heavy atom. The van der Waals surface area contributed by atoms with Crippen LogP contribution in [0.15, 0.2) is 72.3 Å². The van der Waals surface area contributed by atoms with Gasteiger partial charge in [-0.25, -0.2) is 0 Å². The minimum Gasteiger partial charge on any atom is -0.507 e. The minimum atomic E-state index is -1.10. The first-order chi connectivity index (χ1) is 16.2. The summed E-state index contributed by atoms with van der Waals surface area (Å²) in [6, 6.07) is 14.4. The van der Waals surface area contributed by atoms with Gasteiger partial charge in [0.05, 0.1) is 23.6 Å². The molecule has 1 heterocycles. The maximum absolute atomic E-state index is 13.1. The van der Waals surface area contributed by atoms with Gasteiger partial charge in [0.15, 0.2) is 11.5 Å². The number of phenolic OH excluding ortho intramolecular Hbond substituents is 1. The summed E-state index contributed by atoms with van der Waals surface area (Å²) in [6.07, 6.45) is 0. The number of non-ortho nitro benzene ring substituents is 1. The molecule has 0 bridgehead atoms. The first-order valence-corrected chi connectivity index (χ1v) is 10.3. The van der Waals surface area contributed by atoms with Crippen molar-refractivity contribution in [1.29, 1.82) is 0 Å². The quantitative estimate of drug-likeness (QED) is 0.179. The van der Waals surface area contributed by atoms with Gasteiger partial charge in [0.1, 0.15) is 5.76 Å². The van der Waals surface area contributed by atoms with E-state index in [1.807, 2.05) is 0 Å². The van der Waals surface area contributed by atoms with Gasteiger partial charge in [-0.1, -0.05) is 17.7 Å². The van der Waals surface area contributed by atoms with E-state index in [1.165, 1.54) is 48.4 Å². The minimum absolute atomic E-state index is 0.113. The van der Waals surface area contributed by atoms with Crippen molar-refractivity contribution in [3.8, 4) is 11.5 Å². The third kappa shape index (κ3) is 3.93. The monoisotopic (exact) mass is 480 g/mol. The summed E-state index contributed by atoms with van der Waals surface area (Å²) in [7, 11) is 1.38. The Kier molecular flexibility index (Phi) is 5.95. The van der Waals surface area contributed by atoms with Gasteiger partial charge in [0.25, 0.3) is 17.4 Å². The molecule has 0 saturated carbocycles. The van der Waals surface area contributed by atoms with Gasteiger partial charge >= 0.3 is 0 Å². The predicted molar refractivity (Wildman–Crippen MR) is 124 cm³/mol. The molecular formula is C24H17ClN2O7. The lowest BCUT2D eigenvalue weighted by Gasteiger charge is -2.25. The number of aromatic hydroxyl groups is 1. The molecule has 10 heteroatoms. The number of nitrogens with zero attached hydrogens (tertiary/aromatic N) is 2. The van der Waals surface area contributed by atoms with Gasteiger partial charge in [-0.15, -0.1) is 0 Å². The zero-order valence-electron chi connectivity index (χ0n) is 17.6. The average molecular weight is 481 g/mol. The standard InChI is InChI=1S/C24H17ClN2O7/c1-34-19-11-4-14(12-18(19)28)21-20(22(29)13-2-7-17(8-3-13)27(32)33)23(30)24(31)26(21)16-9-5-15(25)6-10-16/h2-12,21,28-29H,1H3/b22-20-. The number of benzene rings is 3. The summed E-state index contributed by atoms with van der Waals surface area (Å²) < 4.78 is 5.08. The van der Waals surface area contributed by atoms with Crippen molar-refractivity contribution in [1.82, 2.24) is 0 Å². The Morgan fingerprint density at radius 2 is 1.71 bits per heavy atom. The molecule has 0 aromatic heterocycles. The summed E-state index contributed by atoms with van der Waals surface area (Å²) in [6.45, 7) is 0. The normalized spacial score (nSPS) is 17.1. The molecule has 1 saturated heterocycles. The summed E-state index contributed by atoms with van der Waals surface area (Å²) in [5.74, 6) is -2.40. The van der Waals surface area contributed by atoms with Crippen LogP contribution in [0, 0.1) is 10.1 Å². The van der Waals surface area contributed by atoms with Gasteiger partial charge in [-0.2, -0.15) is 0 Å². The van der Waals surface area contributed by atoms with E-state index in [-0.39, 0.29) is 28.3 Å². The second-order valence-electron chi connectivity index (χ2n) is 7.38. The van der Waals surface area contributed by atoms with Crippen molar-refractivity contribution in [3.63, 3.8) is 0 Å². The van der Waals surface area contributed by atoms with Crippen LogP contribution in [0.5, 0.6) is 11.5 Å². The SMILES string of the molecule is COc1ccc(C2/C(=C(/O)c3ccc([N+](=O)[O-])cc3)C(=O)C(=O)N2c2ccc(Cl)cc2)cc1O. The largest absolute Gasteiger partial charge is 0.507 e. The molecule has 1 amide bonds. The lowest BCUT2D eigenvalue weighted by Crippen LogP contribution is -2.29. The average Bonchev–Trinajstić information content (AvgIpc) is 3.09. The van der Waals surface area contributed by atoms with Crippen molar-refractivity contribution in [2.45, 2.75) is 6.04 Å². The Hall–Kier alpha value is -4.37. The van der Waals surface area contributed by atoms with Crippen molar-refractivity contribution < 1.29 is 29.5 Å². The zero-order chi connectivity index (χ0) is 24.6. The van der Waals surface area contributed by atoms with Crippen molar-refractivity contribution in [3.05, 3.63) is 98.6 Å². The number of rotatable bonds is 5. The maximum atomic E-state index is 13.1. The molecule has 0 radical (unpaired) electrons. The lowest BCUT2D eigenvalue weighted by molar-refractivity contribution is -0.384. The highest BCUT2D eigenvalue weighted by molar-refractivity contribution is 6.51. The number of amides is 1. The molecule has 3 aromatic carbocycles. The highest BCUT2D eigenvalue weighted by atomic mass is 35.5. The van der Waals surface area contributed by atoms with Crippen LogP contribution in [-0.4, -0.2) is 33.9 Å². The number of aliphatic hydroxyl groups excluding tert-OH is 1. The van der Waals surface area contributed by atoms with Gasteiger partial charge in [0, 0.05) is 28.4 Å². The first-order valence-electron chi connectivity index (χ1n) is 9.91. The van der Waals surface area contributed by atoms with E-state index in [9.17, 15) is 29.9 Å². The summed E-state index contributed by atoms with van der Waals surface area (Å²) in [5.41, 5.74) is 0.348. The lowest BCUT2D eigenvalue weighted by atomic mass is 9.94. The van der Waals surface area contributed by atoms with E-state index in [2.05, 4.69) is 0 Å². The van der Waals surface area contributed by atoms with Crippen LogP contribution >= 0.6 is 11.6 Å². The number of Topliss-reactive ketones (excluding diaryl/α,β-unsaturated/α-hetero) is 1. The van der Waals surface area contributed by atoms with Crippen LogP contribution in [0.3, 0.4) is 0 Å². The molecule has 1 atom stereocenters. The fourth-order valence-electron chi connectivity index (χ4n) is 3.79. The maximum Gasteiger partial charge on any atom is 0.300 e. The van der Waals surface area contributed by atoms with Crippen LogP contribution in [0.4, 0.5) is 11.4 Å². The molecule has 2 N–H and O–H groups in total. The number of aliphatic hydroxyl groups is 1. The Morgan fingerprint density at radius 3 is 2.26 bits per heavy atom. The number of halogens is 1. The van der Waals surface area contributed by atoms with Crippen molar-refractivity contribution in [2.75, 3.05) is 12.0 Å². The number of hydrogen-bond acceptors (Lipinski definition) is 7. The third-order valence-electron chi connectivity index (χ3n) is 5.42. The molecule has 1 fully saturated rings. The fourth-order valence-corrected chi connectivity index (χ4v) is 3.92. The molecule has 4 rings (SSSR count). The van der Waals surface area contributed by atoms with Gasteiger partial charge < -0.3 is 14.9 Å². The Labute approximate surface area is 198 Å². The van der Waals surface area contributed by atoms with Crippen LogP contribution < -0.4 is 9.64 Å². The number of carbonyl (C=O) groups excluding carboxylic acids is 2. The molecule has 1 aliphatic heterocycles. The first kappa shape index (κ1) is 22.8. The Balaban J connectivity index is 1.93. The number of phenols is 1. The third-order valence-corrected chi connectivity index (χ3v) is 5.67. The van der Waals surface area contributed by atoms with Crippen LogP contribution in [0.2, 0.25) is 5.02 Å². The number of hydrogen-bond donors (Lipinski definition) is 2. The van der Waals surface area contributed by atoms with Crippen molar-refractivity contribution in [2.24, 2.45) is 0 Å². The number of nitro groups is 1. The summed E-state index contributed by atoms with van der Waals surface area (Å²) in [5, 5.41) is 32.8. The molecule has 0 spiro atoms. The topological polar surface area (TPSA) is 130 Å². The van der Waals surface area contributed by atoms with Crippen LogP contribution in [0.25, 0.3) is 5.76 Å². The number of ether oxygens (including phenoxy) is 1. The van der Waals surface area contributed by atoms with Gasteiger partial charge in [-0.05, 0) is 54.1 Å². The summed E-state index contributed by atoms with van der Waals surface area (Å²) >= 11 is 5.97. The molecule has 1 unspecified atom stereocenters.